The van der Waals surface area contributed by atoms with Crippen LogP contribution in [0.2, 0.25) is 0 Å². The lowest BCUT2D eigenvalue weighted by Gasteiger charge is -2.08. The van der Waals surface area contributed by atoms with Gasteiger partial charge in [0.25, 0.3) is 0 Å². The van der Waals surface area contributed by atoms with Crippen molar-refractivity contribution in [1.29, 1.82) is 0 Å². The first-order valence-electron chi connectivity index (χ1n) is 11.1. The molecule has 0 saturated carbocycles. The normalized spacial score (nSPS) is 11.1. The predicted molar refractivity (Wildman–Crippen MR) is 136 cm³/mol. The first-order chi connectivity index (χ1) is 19.2. The van der Waals surface area contributed by atoms with Crippen LogP contribution in [-0.4, -0.2) is 67.6 Å². The number of alkyl halides is 6. The molecule has 0 aliphatic rings. The number of H-pyrrole nitrogens is 1. The van der Waals surface area contributed by atoms with Crippen molar-refractivity contribution in [2.24, 2.45) is 0 Å². The molecular formula is C24H20BrF6N5O5. The maximum atomic E-state index is 10.6. The molecule has 0 spiro atoms. The number of imidazole rings is 1. The molecule has 0 bridgehead atoms. The number of aliphatic carboxylic acids is 2. The van der Waals surface area contributed by atoms with Crippen LogP contribution in [0.1, 0.15) is 5.56 Å². The van der Waals surface area contributed by atoms with E-state index in [4.69, 9.17) is 24.5 Å². The number of hydrogen-bond donors (Lipinski definition) is 4. The van der Waals surface area contributed by atoms with Gasteiger partial charge < -0.3 is 25.3 Å². The maximum Gasteiger partial charge on any atom is 0.490 e. The van der Waals surface area contributed by atoms with E-state index < -0.39 is 24.3 Å². The summed E-state index contributed by atoms with van der Waals surface area (Å²) in [6, 6.07) is 13.9. The lowest BCUT2D eigenvalue weighted by Crippen LogP contribution is -2.21. The smallest absolute Gasteiger partial charge is 0.490 e. The molecule has 17 heteroatoms. The molecule has 0 aliphatic carbocycles. The summed E-state index contributed by atoms with van der Waals surface area (Å²) < 4.78 is 70.2. The number of nitrogens with zero attached hydrogens (tertiary/aromatic N) is 3. The van der Waals surface area contributed by atoms with Crippen LogP contribution in [0.15, 0.2) is 65.5 Å². The van der Waals surface area contributed by atoms with Crippen LogP contribution in [0.25, 0.3) is 22.6 Å². The monoisotopic (exact) mass is 651 g/mol. The zero-order chi connectivity index (χ0) is 30.6. The lowest BCUT2D eigenvalue weighted by atomic mass is 10.2. The van der Waals surface area contributed by atoms with Crippen LogP contribution in [0.5, 0.6) is 5.75 Å². The Morgan fingerprint density at radius 1 is 0.951 bits per heavy atom. The molecule has 3 aromatic heterocycles. The van der Waals surface area contributed by atoms with Crippen LogP contribution in [0.3, 0.4) is 0 Å². The van der Waals surface area contributed by atoms with Crippen LogP contribution in [0, 0.1) is 0 Å². The number of benzene rings is 1. The van der Waals surface area contributed by atoms with Gasteiger partial charge in [0.1, 0.15) is 18.2 Å². The fourth-order valence-corrected chi connectivity index (χ4v) is 3.03. The van der Waals surface area contributed by atoms with Crippen LogP contribution >= 0.6 is 15.9 Å². The number of aromatic amines is 1. The molecular weight excluding hydrogens is 632 g/mol. The minimum Gasteiger partial charge on any atom is -0.492 e. The zero-order valence-electron chi connectivity index (χ0n) is 20.5. The summed E-state index contributed by atoms with van der Waals surface area (Å²) in [6.07, 6.45) is -4.83. The molecule has 0 saturated heterocycles. The third-order valence-corrected chi connectivity index (χ3v) is 4.98. The topological polar surface area (TPSA) is 150 Å². The van der Waals surface area contributed by atoms with E-state index in [9.17, 15) is 26.3 Å². The number of aromatic nitrogens is 4. The second kappa shape index (κ2) is 14.9. The van der Waals surface area contributed by atoms with Crippen LogP contribution in [-0.2, 0) is 16.1 Å². The molecule has 3 heterocycles. The molecule has 4 rings (SSSR count). The molecule has 41 heavy (non-hydrogen) atoms. The Kier molecular flexibility index (Phi) is 12.0. The number of ether oxygens (including phenoxy) is 1. The van der Waals surface area contributed by atoms with Gasteiger partial charge in [0, 0.05) is 41.7 Å². The van der Waals surface area contributed by atoms with Gasteiger partial charge in [0.15, 0.2) is 5.65 Å². The molecule has 0 atom stereocenters. The highest BCUT2D eigenvalue weighted by atomic mass is 79.9. The van der Waals surface area contributed by atoms with E-state index in [1.165, 1.54) is 5.56 Å². The summed E-state index contributed by atoms with van der Waals surface area (Å²) >= 11 is 3.42. The van der Waals surface area contributed by atoms with Crippen molar-refractivity contribution in [2.75, 3.05) is 13.2 Å². The number of pyridine rings is 2. The highest BCUT2D eigenvalue weighted by molar-refractivity contribution is 9.10. The van der Waals surface area contributed by atoms with E-state index >= 15 is 0 Å². The third-order valence-electron chi connectivity index (χ3n) is 4.54. The van der Waals surface area contributed by atoms with Gasteiger partial charge in [0.2, 0.25) is 0 Å². The van der Waals surface area contributed by atoms with E-state index in [-0.39, 0.29) is 0 Å². The first-order valence-corrected chi connectivity index (χ1v) is 11.9. The predicted octanol–water partition coefficient (Wildman–Crippen LogP) is 5.22. The van der Waals surface area contributed by atoms with Crippen molar-refractivity contribution < 1.29 is 50.9 Å². The Bertz CT molecular complexity index is 1390. The molecule has 0 unspecified atom stereocenters. The number of carboxylic acid groups (broad SMARTS) is 2. The number of hydrogen-bond acceptors (Lipinski definition) is 7. The lowest BCUT2D eigenvalue weighted by molar-refractivity contribution is -0.193. The standard InChI is InChI=1S/C20H18BrN5O.2C2HF3O2/c21-16-11-18-20(24-13-16)26-19(25-18)15-1-3-17(4-2-15)27-10-9-23-12-14-5-7-22-8-6-14;2*3-2(4,5)1(6)7/h1-8,11,13,23H,9-10,12H2,(H,24,25,26);2*(H,6,7). The number of halogens is 7. The number of fused-ring (bicyclic) bond motifs is 1. The molecule has 4 N–H and O–H groups in total. The third kappa shape index (κ3) is 11.8. The molecule has 0 amide bonds. The Morgan fingerprint density at radius 2 is 1.51 bits per heavy atom. The van der Waals surface area contributed by atoms with Crippen molar-refractivity contribution in [2.45, 2.75) is 18.9 Å². The summed E-state index contributed by atoms with van der Waals surface area (Å²) in [4.78, 5) is 33.9. The van der Waals surface area contributed by atoms with Gasteiger partial charge in [-0.05, 0) is 64.0 Å². The van der Waals surface area contributed by atoms with Crippen LogP contribution < -0.4 is 10.1 Å². The fourth-order valence-electron chi connectivity index (χ4n) is 2.69. The van der Waals surface area contributed by atoms with Gasteiger partial charge in [-0.2, -0.15) is 26.3 Å². The van der Waals surface area contributed by atoms with Gasteiger partial charge in [0.05, 0.1) is 5.52 Å². The summed E-state index contributed by atoms with van der Waals surface area (Å²) in [5.74, 6) is -3.89. The van der Waals surface area contributed by atoms with Crippen molar-refractivity contribution in [3.8, 4) is 17.1 Å². The van der Waals surface area contributed by atoms with Gasteiger partial charge >= 0.3 is 24.3 Å². The molecule has 10 nitrogen and oxygen atoms in total. The second-order valence-electron chi connectivity index (χ2n) is 7.62. The Balaban J connectivity index is 0.000000349. The minimum absolute atomic E-state index is 0.604. The van der Waals surface area contributed by atoms with Crippen molar-refractivity contribution in [3.05, 3.63) is 71.1 Å². The molecule has 0 aliphatic heterocycles. The van der Waals surface area contributed by atoms with E-state index in [1.807, 2.05) is 42.5 Å². The van der Waals surface area contributed by atoms with E-state index in [2.05, 4.69) is 41.2 Å². The molecule has 0 radical (unpaired) electrons. The number of rotatable bonds is 7. The highest BCUT2D eigenvalue weighted by Gasteiger charge is 2.38. The Hall–Kier alpha value is -4.25. The van der Waals surface area contributed by atoms with Crippen LogP contribution in [0.4, 0.5) is 26.3 Å². The van der Waals surface area contributed by atoms with E-state index in [0.29, 0.717) is 12.3 Å². The minimum atomic E-state index is -5.08. The summed E-state index contributed by atoms with van der Waals surface area (Å²) in [7, 11) is 0. The van der Waals surface area contributed by atoms with E-state index in [1.54, 1.807) is 18.6 Å². The van der Waals surface area contributed by atoms with Crippen molar-refractivity contribution >= 4 is 39.0 Å². The zero-order valence-corrected chi connectivity index (χ0v) is 22.1. The van der Waals surface area contributed by atoms with E-state index in [0.717, 1.165) is 40.2 Å². The molecule has 1 aromatic carbocycles. The van der Waals surface area contributed by atoms with Gasteiger partial charge in [-0.3, -0.25) is 4.98 Å². The highest BCUT2D eigenvalue weighted by Crippen LogP contribution is 2.23. The van der Waals surface area contributed by atoms with Gasteiger partial charge in [-0.25, -0.2) is 19.6 Å². The van der Waals surface area contributed by atoms with Gasteiger partial charge in [-0.1, -0.05) is 0 Å². The largest absolute Gasteiger partial charge is 0.492 e. The van der Waals surface area contributed by atoms with Gasteiger partial charge in [-0.15, -0.1) is 0 Å². The quantitative estimate of drug-likeness (QED) is 0.156. The Labute approximate surface area is 235 Å². The molecule has 4 aromatic rings. The maximum absolute atomic E-state index is 10.6. The fraction of sp³-hybridized carbons (Fsp3) is 0.208. The first kappa shape index (κ1) is 33.0. The van der Waals surface area contributed by atoms with Crippen molar-refractivity contribution in [3.63, 3.8) is 0 Å². The molecule has 220 valence electrons. The summed E-state index contributed by atoms with van der Waals surface area (Å²) in [5.41, 5.74) is 3.81. The number of carboxylic acids is 2. The summed E-state index contributed by atoms with van der Waals surface area (Å²) in [6.45, 7) is 2.18. The average Bonchev–Trinajstić information content (AvgIpc) is 3.32. The SMILES string of the molecule is Brc1cnc2nc(-c3ccc(OCCNCc4ccncc4)cc3)[nH]c2c1.O=C(O)C(F)(F)F.O=C(O)C(F)(F)F. The Morgan fingerprint density at radius 3 is 2.05 bits per heavy atom. The van der Waals surface area contributed by atoms with Crippen molar-refractivity contribution in [1.82, 2.24) is 25.3 Å². The summed E-state index contributed by atoms with van der Waals surface area (Å²) in [5, 5.41) is 17.6. The molecule has 0 fully saturated rings. The average molecular weight is 652 g/mol. The number of nitrogens with one attached hydrogen (secondary N) is 2. The number of carbonyl (C=O) groups is 2. The second-order valence-corrected chi connectivity index (χ2v) is 8.54.